The Labute approximate surface area is 145 Å². The first-order chi connectivity index (χ1) is 12.0. The molecule has 1 aliphatic heterocycles. The molecule has 0 spiro atoms. The minimum atomic E-state index is -0.279. The molecule has 3 amide bonds. The predicted molar refractivity (Wildman–Crippen MR) is 94.4 cm³/mol. The number of anilines is 1. The number of nitrogens with one attached hydrogen (secondary N) is 3. The Morgan fingerprint density at radius 2 is 2.32 bits per heavy atom. The van der Waals surface area contributed by atoms with E-state index in [-0.39, 0.29) is 17.9 Å². The summed E-state index contributed by atoms with van der Waals surface area (Å²) in [7, 11) is 1.62. The normalized spacial score (nSPS) is 17.3. The van der Waals surface area contributed by atoms with Gasteiger partial charge in [0.1, 0.15) is 5.82 Å². The van der Waals surface area contributed by atoms with Crippen LogP contribution in [0.15, 0.2) is 18.2 Å². The van der Waals surface area contributed by atoms with Gasteiger partial charge in [0.05, 0.1) is 17.6 Å². The van der Waals surface area contributed by atoms with E-state index >= 15 is 0 Å². The number of fused-ring (bicyclic) bond motifs is 1. The number of aryl methyl sites for hydroxylation is 1. The zero-order valence-electron chi connectivity index (χ0n) is 14.5. The predicted octanol–water partition coefficient (Wildman–Crippen LogP) is 1.49. The fourth-order valence-corrected chi connectivity index (χ4v) is 3.04. The number of methoxy groups -OCH3 is 1. The lowest BCUT2D eigenvalue weighted by Gasteiger charge is -2.16. The molecule has 1 aromatic heterocycles. The van der Waals surface area contributed by atoms with Crippen LogP contribution in [0.25, 0.3) is 11.0 Å². The molecule has 8 heteroatoms. The number of benzene rings is 1. The van der Waals surface area contributed by atoms with E-state index in [0.717, 1.165) is 16.9 Å². The Kier molecular flexibility index (Phi) is 5.18. The number of urea groups is 1. The number of amides is 3. The molecule has 1 saturated heterocycles. The lowest BCUT2D eigenvalue weighted by Crippen LogP contribution is -2.34. The number of carbonyl (C=O) groups is 2. The van der Waals surface area contributed by atoms with Gasteiger partial charge in [0.25, 0.3) is 0 Å². The molecule has 8 nitrogen and oxygen atoms in total. The van der Waals surface area contributed by atoms with E-state index in [0.29, 0.717) is 38.3 Å². The molecule has 25 heavy (non-hydrogen) atoms. The first kappa shape index (κ1) is 17.2. The van der Waals surface area contributed by atoms with Crippen molar-refractivity contribution in [3.05, 3.63) is 24.0 Å². The number of likely N-dealkylation sites (tertiary alicyclic amines) is 1. The topological polar surface area (TPSA) is 99.3 Å². The van der Waals surface area contributed by atoms with Crippen LogP contribution in [0.3, 0.4) is 0 Å². The second-order valence-electron chi connectivity index (χ2n) is 6.29. The van der Waals surface area contributed by atoms with Gasteiger partial charge in [0, 0.05) is 44.8 Å². The van der Waals surface area contributed by atoms with Gasteiger partial charge in [-0.3, -0.25) is 4.79 Å². The van der Waals surface area contributed by atoms with Gasteiger partial charge < -0.3 is 25.3 Å². The van der Waals surface area contributed by atoms with Crippen LogP contribution >= 0.6 is 0 Å². The molecule has 3 N–H and O–H groups in total. The molecule has 1 aliphatic rings. The van der Waals surface area contributed by atoms with Gasteiger partial charge in [-0.15, -0.1) is 0 Å². The van der Waals surface area contributed by atoms with Crippen molar-refractivity contribution in [2.75, 3.05) is 38.7 Å². The van der Waals surface area contributed by atoms with Crippen LogP contribution in [0.5, 0.6) is 0 Å². The van der Waals surface area contributed by atoms with Gasteiger partial charge in [0.15, 0.2) is 0 Å². The fraction of sp³-hybridized carbons (Fsp3) is 0.471. The van der Waals surface area contributed by atoms with Crippen LogP contribution in [-0.4, -0.2) is 60.2 Å². The minimum absolute atomic E-state index is 0.115. The monoisotopic (exact) mass is 345 g/mol. The van der Waals surface area contributed by atoms with Crippen LogP contribution in [0, 0.1) is 12.8 Å². The first-order valence-corrected chi connectivity index (χ1v) is 8.33. The standard InChI is InChI=1S/C17H23N5O3/c1-11-19-14-4-3-13(8-15(14)20-11)21-17(24)18-9-12-7-16(23)22(10-12)5-6-25-2/h3-4,8,12H,5-7,9-10H2,1-2H3,(H,19,20)(H2,18,21,24)/t12-/m0/s1. The fourth-order valence-electron chi connectivity index (χ4n) is 3.04. The number of nitrogens with zero attached hydrogens (tertiary/aromatic N) is 2. The second-order valence-corrected chi connectivity index (χ2v) is 6.29. The highest BCUT2D eigenvalue weighted by Crippen LogP contribution is 2.18. The molecule has 1 fully saturated rings. The molecular weight excluding hydrogens is 322 g/mol. The van der Waals surface area contributed by atoms with Crippen LogP contribution in [0.4, 0.5) is 10.5 Å². The number of aromatic amines is 1. The summed E-state index contributed by atoms with van der Waals surface area (Å²) < 4.78 is 5.00. The number of hydrogen-bond acceptors (Lipinski definition) is 4. The van der Waals surface area contributed by atoms with E-state index in [1.165, 1.54) is 0 Å². The van der Waals surface area contributed by atoms with Gasteiger partial charge in [0.2, 0.25) is 5.91 Å². The van der Waals surface area contributed by atoms with Crippen molar-refractivity contribution in [2.24, 2.45) is 5.92 Å². The molecular formula is C17H23N5O3. The van der Waals surface area contributed by atoms with Crippen molar-refractivity contribution < 1.29 is 14.3 Å². The molecule has 0 saturated carbocycles. The third kappa shape index (κ3) is 4.27. The zero-order chi connectivity index (χ0) is 17.8. The van der Waals surface area contributed by atoms with E-state index in [9.17, 15) is 9.59 Å². The number of imidazole rings is 1. The Bertz CT molecular complexity index is 773. The highest BCUT2D eigenvalue weighted by atomic mass is 16.5. The maximum atomic E-state index is 12.1. The minimum Gasteiger partial charge on any atom is -0.383 e. The second kappa shape index (κ2) is 7.52. The van der Waals surface area contributed by atoms with Crippen LogP contribution in [0.2, 0.25) is 0 Å². The third-order valence-corrected chi connectivity index (χ3v) is 4.27. The average molecular weight is 345 g/mol. The Balaban J connectivity index is 1.48. The highest BCUT2D eigenvalue weighted by molar-refractivity contribution is 5.92. The van der Waals surface area contributed by atoms with Gasteiger partial charge in [-0.05, 0) is 25.1 Å². The molecule has 3 rings (SSSR count). The van der Waals surface area contributed by atoms with Crippen LogP contribution < -0.4 is 10.6 Å². The lowest BCUT2D eigenvalue weighted by atomic mass is 10.1. The summed E-state index contributed by atoms with van der Waals surface area (Å²) in [5.41, 5.74) is 2.44. The summed E-state index contributed by atoms with van der Waals surface area (Å²) in [6.45, 7) is 4.14. The SMILES string of the molecule is COCCN1C[C@H](CNC(=O)Nc2ccc3nc(C)[nH]c3c2)CC1=O. The smallest absolute Gasteiger partial charge is 0.319 e. The third-order valence-electron chi connectivity index (χ3n) is 4.27. The average Bonchev–Trinajstić information content (AvgIpc) is 3.12. The summed E-state index contributed by atoms with van der Waals surface area (Å²) in [6, 6.07) is 5.24. The highest BCUT2D eigenvalue weighted by Gasteiger charge is 2.29. The largest absolute Gasteiger partial charge is 0.383 e. The van der Waals surface area contributed by atoms with E-state index < -0.39 is 0 Å². The van der Waals surface area contributed by atoms with Crippen molar-refractivity contribution in [1.82, 2.24) is 20.2 Å². The molecule has 0 bridgehead atoms. The van der Waals surface area contributed by atoms with Crippen molar-refractivity contribution in [2.45, 2.75) is 13.3 Å². The number of carbonyl (C=O) groups excluding carboxylic acids is 2. The number of rotatable bonds is 6. The van der Waals surface area contributed by atoms with Crippen molar-refractivity contribution in [3.8, 4) is 0 Å². The number of ether oxygens (including phenoxy) is 1. The molecule has 2 heterocycles. The van der Waals surface area contributed by atoms with Crippen molar-refractivity contribution >= 4 is 28.7 Å². The molecule has 1 atom stereocenters. The first-order valence-electron chi connectivity index (χ1n) is 8.33. The van der Waals surface area contributed by atoms with E-state index in [2.05, 4.69) is 20.6 Å². The van der Waals surface area contributed by atoms with Gasteiger partial charge in [-0.1, -0.05) is 0 Å². The molecule has 0 radical (unpaired) electrons. The molecule has 0 unspecified atom stereocenters. The maximum absolute atomic E-state index is 12.1. The Morgan fingerprint density at radius 3 is 3.12 bits per heavy atom. The van der Waals surface area contributed by atoms with Crippen molar-refractivity contribution in [1.29, 1.82) is 0 Å². The Hall–Kier alpha value is -2.61. The zero-order valence-corrected chi connectivity index (χ0v) is 14.5. The summed E-state index contributed by atoms with van der Waals surface area (Å²) in [4.78, 5) is 33.2. The van der Waals surface area contributed by atoms with Gasteiger partial charge in [-0.2, -0.15) is 0 Å². The molecule has 2 aromatic rings. The van der Waals surface area contributed by atoms with Crippen LogP contribution in [-0.2, 0) is 9.53 Å². The molecule has 1 aromatic carbocycles. The summed E-state index contributed by atoms with van der Waals surface area (Å²) >= 11 is 0. The van der Waals surface area contributed by atoms with E-state index in [1.54, 1.807) is 12.0 Å². The summed E-state index contributed by atoms with van der Waals surface area (Å²) in [5.74, 6) is 1.08. The molecule has 134 valence electrons. The van der Waals surface area contributed by atoms with Gasteiger partial charge >= 0.3 is 6.03 Å². The number of H-pyrrole nitrogens is 1. The van der Waals surface area contributed by atoms with E-state index in [4.69, 9.17) is 4.74 Å². The van der Waals surface area contributed by atoms with Crippen LogP contribution in [0.1, 0.15) is 12.2 Å². The Morgan fingerprint density at radius 1 is 1.48 bits per heavy atom. The van der Waals surface area contributed by atoms with Crippen molar-refractivity contribution in [3.63, 3.8) is 0 Å². The maximum Gasteiger partial charge on any atom is 0.319 e. The van der Waals surface area contributed by atoms with E-state index in [1.807, 2.05) is 25.1 Å². The summed E-state index contributed by atoms with van der Waals surface area (Å²) in [5, 5.41) is 5.65. The molecule has 0 aliphatic carbocycles. The quantitative estimate of drug-likeness (QED) is 0.738. The lowest BCUT2D eigenvalue weighted by molar-refractivity contribution is -0.128. The number of aromatic nitrogens is 2. The number of hydrogen-bond donors (Lipinski definition) is 3. The summed E-state index contributed by atoms with van der Waals surface area (Å²) in [6.07, 6.45) is 0.462. The van der Waals surface area contributed by atoms with Gasteiger partial charge in [-0.25, -0.2) is 9.78 Å².